The Labute approximate surface area is 644 Å². The molecule has 610 valence electrons. The molecular formula is C87H150O17P2. The molecule has 0 saturated heterocycles. The summed E-state index contributed by atoms with van der Waals surface area (Å²) in [6.45, 7) is 4.62. The van der Waals surface area contributed by atoms with Gasteiger partial charge in [-0.15, -0.1) is 0 Å². The van der Waals surface area contributed by atoms with Gasteiger partial charge in [0, 0.05) is 25.7 Å². The zero-order valence-electron chi connectivity index (χ0n) is 66.8. The van der Waals surface area contributed by atoms with Crippen molar-refractivity contribution in [2.75, 3.05) is 39.6 Å². The van der Waals surface area contributed by atoms with Crippen LogP contribution in [0.3, 0.4) is 0 Å². The molecule has 0 aliphatic rings. The second-order valence-corrected chi connectivity index (χ2v) is 30.6. The van der Waals surface area contributed by atoms with Gasteiger partial charge in [0.1, 0.15) is 19.3 Å². The van der Waals surface area contributed by atoms with E-state index in [1.807, 2.05) is 0 Å². The number of hydrogen-bond donors (Lipinski definition) is 3. The first-order chi connectivity index (χ1) is 51.7. The van der Waals surface area contributed by atoms with Crippen LogP contribution in [0.4, 0.5) is 0 Å². The fraction of sp³-hybridized carbons (Fsp3) is 0.724. The zero-order chi connectivity index (χ0) is 77.4. The molecule has 0 heterocycles. The minimum absolute atomic E-state index is 0.0756. The fourth-order valence-electron chi connectivity index (χ4n) is 11.1. The summed E-state index contributed by atoms with van der Waals surface area (Å²) in [6.07, 6.45) is 87.3. The van der Waals surface area contributed by atoms with Crippen LogP contribution in [0.25, 0.3) is 0 Å². The third-order valence-electron chi connectivity index (χ3n) is 17.4. The summed E-state index contributed by atoms with van der Waals surface area (Å²) in [6, 6.07) is 0. The van der Waals surface area contributed by atoms with Gasteiger partial charge in [0.25, 0.3) is 0 Å². The van der Waals surface area contributed by atoms with Crippen molar-refractivity contribution < 1.29 is 80.2 Å². The van der Waals surface area contributed by atoms with E-state index in [4.69, 9.17) is 37.0 Å². The van der Waals surface area contributed by atoms with E-state index >= 15 is 0 Å². The van der Waals surface area contributed by atoms with Gasteiger partial charge in [0.15, 0.2) is 12.2 Å². The van der Waals surface area contributed by atoms with E-state index in [1.54, 1.807) is 0 Å². The molecule has 0 saturated carbocycles. The Kier molecular flexibility index (Phi) is 75.2. The third-order valence-corrected chi connectivity index (χ3v) is 19.3. The van der Waals surface area contributed by atoms with Gasteiger partial charge in [-0.25, -0.2) is 9.13 Å². The maximum absolute atomic E-state index is 13.1. The Morgan fingerprint density at radius 3 is 0.774 bits per heavy atom. The quantitative estimate of drug-likeness (QED) is 0.0169. The molecule has 0 aliphatic heterocycles. The normalized spacial score (nSPS) is 14.4. The average Bonchev–Trinajstić information content (AvgIpc) is 0.901. The number of phosphoric acid groups is 2. The maximum atomic E-state index is 13.1. The molecule has 106 heavy (non-hydrogen) atoms. The third kappa shape index (κ3) is 77.6. The van der Waals surface area contributed by atoms with Gasteiger partial charge >= 0.3 is 39.5 Å². The molecule has 0 aromatic rings. The van der Waals surface area contributed by atoms with Crippen molar-refractivity contribution in [3.05, 3.63) is 122 Å². The molecule has 0 amide bonds. The Bertz CT molecular complexity index is 2480. The summed E-state index contributed by atoms with van der Waals surface area (Å²) in [5.41, 5.74) is 0. The highest BCUT2D eigenvalue weighted by Gasteiger charge is 2.30. The van der Waals surface area contributed by atoms with Crippen molar-refractivity contribution >= 4 is 39.5 Å². The molecule has 19 heteroatoms. The number of carbonyl (C=O) groups is 4. The maximum Gasteiger partial charge on any atom is 0.472 e. The summed E-state index contributed by atoms with van der Waals surface area (Å²) < 4.78 is 68.7. The first-order valence-electron chi connectivity index (χ1n) is 41.8. The number of allylic oxidation sites excluding steroid dienone is 20. The van der Waals surface area contributed by atoms with E-state index < -0.39 is 97.5 Å². The van der Waals surface area contributed by atoms with Crippen LogP contribution in [0.15, 0.2) is 122 Å². The predicted octanol–water partition coefficient (Wildman–Crippen LogP) is 24.7. The van der Waals surface area contributed by atoms with Crippen LogP contribution < -0.4 is 0 Å². The van der Waals surface area contributed by atoms with Crippen molar-refractivity contribution in [1.82, 2.24) is 0 Å². The average molecular weight is 1530 g/mol. The number of unbranched alkanes of at least 4 members (excludes halogenated alkanes) is 32. The number of hydrogen-bond acceptors (Lipinski definition) is 15. The standard InChI is InChI=1S/C87H150O17P2/c1-5-9-13-17-21-25-29-32-35-38-40-43-46-49-53-56-60-64-68-72-85(90)98-78-83(104-87(92)74-70-66-62-58-54-50-47-44-41-39-36-33-30-26-22-18-14-10-6-2)80-102-106(95,96)100-76-81(88)75-99-105(93,94)101-79-82(103-86(91)73-69-65-61-57-51-28-24-20-16-12-8-4)77-97-84(89)71-67-63-59-55-52-48-45-42-37-34-31-27-23-19-15-11-7-3/h9,11,13,15,21-23,25-27,32-37,40-41,43-44,81-83,88H,5-8,10,12,14,16-20,24,28-31,38-39,42,45-80H2,1-4H3,(H,93,94)(H,95,96)/b13-9-,15-11-,25-21-,26-22-,27-23-,35-32-,36-33-,37-34-,43-40-,44-41-. The summed E-state index contributed by atoms with van der Waals surface area (Å²) in [7, 11) is -9.97. The van der Waals surface area contributed by atoms with Gasteiger partial charge in [0.2, 0.25) is 0 Å². The molecule has 5 atom stereocenters. The number of carbonyl (C=O) groups excluding carboxylic acids is 4. The molecule has 5 unspecified atom stereocenters. The Morgan fingerprint density at radius 1 is 0.274 bits per heavy atom. The topological polar surface area (TPSA) is 237 Å². The van der Waals surface area contributed by atoms with Gasteiger partial charge in [-0.1, -0.05) is 310 Å². The smallest absolute Gasteiger partial charge is 0.462 e. The molecular weight excluding hydrogens is 1380 g/mol. The van der Waals surface area contributed by atoms with E-state index in [0.717, 1.165) is 212 Å². The monoisotopic (exact) mass is 1530 g/mol. The van der Waals surface area contributed by atoms with E-state index in [-0.39, 0.29) is 25.7 Å². The van der Waals surface area contributed by atoms with Crippen LogP contribution in [0.1, 0.15) is 349 Å². The van der Waals surface area contributed by atoms with Gasteiger partial charge in [-0.2, -0.15) is 0 Å². The number of aliphatic hydroxyl groups is 1. The summed E-state index contributed by atoms with van der Waals surface area (Å²) >= 11 is 0. The second-order valence-electron chi connectivity index (χ2n) is 27.7. The molecule has 0 bridgehead atoms. The SMILES string of the molecule is CC/C=C\C/C=C\C/C=C\C/C=C\CCCCCCCCC(=O)OCC(COP(=O)(O)OCC(O)COP(=O)(O)OCC(COC(=O)CCCCCCCCC/C=C\C/C=C\C/C=C\CC)OC(=O)CCCCCCCCCCCCC)OC(=O)CCCCCCCC/C=C\C/C=C\C/C=C\CCCCC. The molecule has 0 fully saturated rings. The first kappa shape index (κ1) is 101. The molecule has 17 nitrogen and oxygen atoms in total. The van der Waals surface area contributed by atoms with Crippen molar-refractivity contribution in [3.8, 4) is 0 Å². The van der Waals surface area contributed by atoms with Crippen LogP contribution in [0.5, 0.6) is 0 Å². The van der Waals surface area contributed by atoms with Crippen LogP contribution in [-0.4, -0.2) is 96.7 Å². The van der Waals surface area contributed by atoms with Crippen molar-refractivity contribution in [2.24, 2.45) is 0 Å². The van der Waals surface area contributed by atoms with Crippen LogP contribution in [0.2, 0.25) is 0 Å². The number of esters is 4. The highest BCUT2D eigenvalue weighted by molar-refractivity contribution is 7.47. The van der Waals surface area contributed by atoms with Crippen molar-refractivity contribution in [1.29, 1.82) is 0 Å². The molecule has 0 aromatic heterocycles. The molecule has 0 rings (SSSR count). The molecule has 0 radical (unpaired) electrons. The number of aliphatic hydroxyl groups excluding tert-OH is 1. The lowest BCUT2D eigenvalue weighted by Crippen LogP contribution is -2.30. The zero-order valence-corrected chi connectivity index (χ0v) is 68.6. The first-order valence-corrected chi connectivity index (χ1v) is 44.8. The highest BCUT2D eigenvalue weighted by atomic mass is 31.2. The summed E-state index contributed by atoms with van der Waals surface area (Å²) in [5, 5.41) is 10.7. The Morgan fingerprint density at radius 2 is 0.491 bits per heavy atom. The summed E-state index contributed by atoms with van der Waals surface area (Å²) in [5.74, 6) is -2.20. The lowest BCUT2D eigenvalue weighted by Gasteiger charge is -2.21. The van der Waals surface area contributed by atoms with E-state index in [2.05, 4.69) is 149 Å². The lowest BCUT2D eigenvalue weighted by molar-refractivity contribution is -0.161. The van der Waals surface area contributed by atoms with Crippen LogP contribution in [0, 0.1) is 0 Å². The summed E-state index contributed by atoms with van der Waals surface area (Å²) in [4.78, 5) is 73.1. The predicted molar refractivity (Wildman–Crippen MR) is 436 cm³/mol. The molecule has 0 aliphatic carbocycles. The van der Waals surface area contributed by atoms with Crippen LogP contribution >= 0.6 is 15.6 Å². The molecule has 3 N–H and O–H groups in total. The molecule has 0 aromatic carbocycles. The largest absolute Gasteiger partial charge is 0.472 e. The number of ether oxygens (including phenoxy) is 4. The minimum atomic E-state index is -4.99. The van der Waals surface area contributed by atoms with E-state index in [1.165, 1.54) is 57.8 Å². The highest BCUT2D eigenvalue weighted by Crippen LogP contribution is 2.45. The minimum Gasteiger partial charge on any atom is -0.462 e. The Balaban J connectivity index is 5.36. The van der Waals surface area contributed by atoms with Crippen molar-refractivity contribution in [2.45, 2.75) is 367 Å². The fourth-order valence-corrected chi connectivity index (χ4v) is 12.7. The van der Waals surface area contributed by atoms with Crippen molar-refractivity contribution in [3.63, 3.8) is 0 Å². The van der Waals surface area contributed by atoms with Gasteiger partial charge in [-0.05, 0) is 135 Å². The van der Waals surface area contributed by atoms with E-state index in [0.29, 0.717) is 25.7 Å². The van der Waals surface area contributed by atoms with Gasteiger partial charge in [0.05, 0.1) is 26.4 Å². The van der Waals surface area contributed by atoms with Crippen LogP contribution in [-0.2, 0) is 65.4 Å². The van der Waals surface area contributed by atoms with Gasteiger partial charge < -0.3 is 33.8 Å². The second kappa shape index (κ2) is 78.6. The number of rotatable bonds is 78. The molecule has 0 spiro atoms. The number of phosphoric ester groups is 2. The Hall–Kier alpha value is -4.54. The van der Waals surface area contributed by atoms with Gasteiger partial charge in [-0.3, -0.25) is 37.3 Å². The van der Waals surface area contributed by atoms with E-state index in [9.17, 15) is 43.2 Å². The lowest BCUT2D eigenvalue weighted by atomic mass is 10.1.